The molecule has 0 fully saturated rings. The van der Waals surface area contributed by atoms with Crippen LogP contribution in [-0.4, -0.2) is 6.61 Å². The zero-order valence-electron chi connectivity index (χ0n) is 7.58. The van der Waals surface area contributed by atoms with Crippen LogP contribution in [-0.2, 0) is 0 Å². The predicted molar refractivity (Wildman–Crippen MR) is 51.5 cm³/mol. The number of ether oxygens (including phenoxy) is 1. The molecule has 0 aliphatic heterocycles. The molecular weight excluding hydrogens is 148 g/mol. The van der Waals surface area contributed by atoms with Crippen molar-refractivity contribution >= 4 is 0 Å². The van der Waals surface area contributed by atoms with Crippen LogP contribution in [0.2, 0.25) is 0 Å². The molecule has 0 atom stereocenters. The lowest BCUT2D eigenvalue weighted by Gasteiger charge is -2.02. The van der Waals surface area contributed by atoms with Crippen LogP contribution in [0.1, 0.15) is 12.5 Å². The Balaban J connectivity index is 2.52. The number of benzene rings is 1. The van der Waals surface area contributed by atoms with Crippen molar-refractivity contribution in [2.75, 3.05) is 6.61 Å². The van der Waals surface area contributed by atoms with Crippen LogP contribution in [0, 0.1) is 6.92 Å². The topological polar surface area (TPSA) is 9.23 Å². The summed E-state index contributed by atoms with van der Waals surface area (Å²) in [7, 11) is 0. The Morgan fingerprint density at radius 3 is 2.92 bits per heavy atom. The Kier molecular flexibility index (Phi) is 3.39. The molecule has 0 spiro atoms. The lowest BCUT2D eigenvalue weighted by Crippen LogP contribution is -1.92. The van der Waals surface area contributed by atoms with Gasteiger partial charge in [-0.15, -0.1) is 0 Å². The van der Waals surface area contributed by atoms with Gasteiger partial charge < -0.3 is 4.74 Å². The molecule has 1 aromatic rings. The van der Waals surface area contributed by atoms with Crippen LogP contribution >= 0.6 is 0 Å². The molecule has 0 aliphatic carbocycles. The fourth-order valence-corrected chi connectivity index (χ4v) is 0.946. The molecule has 1 nitrogen and oxygen atoms in total. The second-order valence-electron chi connectivity index (χ2n) is 2.70. The van der Waals surface area contributed by atoms with E-state index in [0.717, 1.165) is 5.75 Å². The molecule has 0 saturated heterocycles. The first-order chi connectivity index (χ1) is 5.83. The van der Waals surface area contributed by atoms with Gasteiger partial charge in [0.1, 0.15) is 12.4 Å². The normalized spacial score (nSPS) is 10.5. The fraction of sp³-hybridized carbons (Fsp3) is 0.273. The molecule has 0 amide bonds. The van der Waals surface area contributed by atoms with Gasteiger partial charge in [-0.25, -0.2) is 0 Å². The number of aryl methyl sites for hydroxylation is 1. The standard InChI is InChI=1S/C11H14O/c1-3-4-8-12-11-7-5-6-10(2)9-11/h3-7,9H,8H2,1-2H3. The molecule has 0 aliphatic rings. The van der Waals surface area contributed by atoms with E-state index in [-0.39, 0.29) is 0 Å². The monoisotopic (exact) mass is 162 g/mol. The first-order valence-electron chi connectivity index (χ1n) is 4.13. The summed E-state index contributed by atoms with van der Waals surface area (Å²) in [6, 6.07) is 8.06. The van der Waals surface area contributed by atoms with E-state index in [9.17, 15) is 0 Å². The molecule has 0 bridgehead atoms. The number of hydrogen-bond donors (Lipinski definition) is 0. The first-order valence-corrected chi connectivity index (χ1v) is 4.13. The summed E-state index contributed by atoms with van der Waals surface area (Å²) in [5.41, 5.74) is 1.23. The molecule has 0 saturated carbocycles. The minimum atomic E-state index is 0.653. The zero-order chi connectivity index (χ0) is 8.81. The molecule has 0 radical (unpaired) electrons. The van der Waals surface area contributed by atoms with Gasteiger partial charge in [0.25, 0.3) is 0 Å². The van der Waals surface area contributed by atoms with E-state index in [0.29, 0.717) is 6.61 Å². The number of rotatable bonds is 3. The highest BCUT2D eigenvalue weighted by molar-refractivity contribution is 5.27. The summed E-state index contributed by atoms with van der Waals surface area (Å²) < 4.78 is 5.44. The van der Waals surface area contributed by atoms with Gasteiger partial charge >= 0.3 is 0 Å². The average molecular weight is 162 g/mol. The van der Waals surface area contributed by atoms with Crippen LogP contribution in [0.4, 0.5) is 0 Å². The summed E-state index contributed by atoms with van der Waals surface area (Å²) in [6.07, 6.45) is 3.97. The van der Waals surface area contributed by atoms with E-state index >= 15 is 0 Å². The van der Waals surface area contributed by atoms with Crippen molar-refractivity contribution in [1.29, 1.82) is 0 Å². The van der Waals surface area contributed by atoms with Crippen molar-refractivity contribution in [1.82, 2.24) is 0 Å². The lowest BCUT2D eigenvalue weighted by atomic mass is 10.2. The summed E-state index contributed by atoms with van der Waals surface area (Å²) >= 11 is 0. The Hall–Kier alpha value is -1.24. The van der Waals surface area contributed by atoms with E-state index in [2.05, 4.69) is 13.0 Å². The van der Waals surface area contributed by atoms with Crippen LogP contribution in [0.25, 0.3) is 0 Å². The molecule has 0 N–H and O–H groups in total. The fourth-order valence-electron chi connectivity index (χ4n) is 0.946. The molecule has 0 aromatic heterocycles. The maximum absolute atomic E-state index is 5.44. The largest absolute Gasteiger partial charge is 0.490 e. The third kappa shape index (κ3) is 2.79. The summed E-state index contributed by atoms with van der Waals surface area (Å²) in [5, 5.41) is 0. The molecule has 0 heterocycles. The van der Waals surface area contributed by atoms with Gasteiger partial charge in [0.05, 0.1) is 0 Å². The van der Waals surface area contributed by atoms with Gasteiger partial charge in [0.15, 0.2) is 0 Å². The Morgan fingerprint density at radius 2 is 2.25 bits per heavy atom. The van der Waals surface area contributed by atoms with Gasteiger partial charge in [-0.3, -0.25) is 0 Å². The lowest BCUT2D eigenvalue weighted by molar-refractivity contribution is 0.362. The molecule has 12 heavy (non-hydrogen) atoms. The van der Waals surface area contributed by atoms with E-state index in [1.807, 2.05) is 37.3 Å². The Bertz CT molecular complexity index is 263. The summed E-state index contributed by atoms with van der Waals surface area (Å²) in [5.74, 6) is 0.938. The van der Waals surface area contributed by atoms with Gasteiger partial charge in [0, 0.05) is 0 Å². The highest BCUT2D eigenvalue weighted by Crippen LogP contribution is 2.11. The SMILES string of the molecule is CC=CCOc1cccc(C)c1. The average Bonchev–Trinajstić information content (AvgIpc) is 2.05. The second kappa shape index (κ2) is 4.60. The molecule has 1 aromatic carbocycles. The van der Waals surface area contributed by atoms with Crippen molar-refractivity contribution in [2.24, 2.45) is 0 Å². The van der Waals surface area contributed by atoms with Crippen LogP contribution in [0.3, 0.4) is 0 Å². The van der Waals surface area contributed by atoms with E-state index in [1.165, 1.54) is 5.56 Å². The van der Waals surface area contributed by atoms with Gasteiger partial charge in [-0.05, 0) is 31.5 Å². The molecule has 1 heteroatoms. The maximum Gasteiger partial charge on any atom is 0.120 e. The zero-order valence-corrected chi connectivity index (χ0v) is 7.58. The highest BCUT2D eigenvalue weighted by Gasteiger charge is 1.90. The summed E-state index contributed by atoms with van der Waals surface area (Å²) in [6.45, 7) is 4.70. The molecule has 64 valence electrons. The van der Waals surface area contributed by atoms with Crippen molar-refractivity contribution in [2.45, 2.75) is 13.8 Å². The van der Waals surface area contributed by atoms with Crippen molar-refractivity contribution in [3.05, 3.63) is 42.0 Å². The van der Waals surface area contributed by atoms with Crippen LogP contribution < -0.4 is 4.74 Å². The minimum Gasteiger partial charge on any atom is -0.490 e. The van der Waals surface area contributed by atoms with Gasteiger partial charge in [-0.1, -0.05) is 24.3 Å². The maximum atomic E-state index is 5.44. The van der Waals surface area contributed by atoms with Crippen molar-refractivity contribution < 1.29 is 4.74 Å². The Morgan fingerprint density at radius 1 is 1.42 bits per heavy atom. The van der Waals surface area contributed by atoms with E-state index < -0.39 is 0 Å². The first kappa shape index (κ1) is 8.85. The molecule has 1 rings (SSSR count). The Labute approximate surface area is 73.7 Å². The number of allylic oxidation sites excluding steroid dienone is 1. The van der Waals surface area contributed by atoms with Gasteiger partial charge in [0.2, 0.25) is 0 Å². The van der Waals surface area contributed by atoms with E-state index in [1.54, 1.807) is 0 Å². The van der Waals surface area contributed by atoms with Crippen LogP contribution in [0.15, 0.2) is 36.4 Å². The second-order valence-corrected chi connectivity index (χ2v) is 2.70. The number of hydrogen-bond acceptors (Lipinski definition) is 1. The molecule has 0 unspecified atom stereocenters. The van der Waals surface area contributed by atoms with E-state index in [4.69, 9.17) is 4.74 Å². The predicted octanol–water partition coefficient (Wildman–Crippen LogP) is 2.95. The van der Waals surface area contributed by atoms with Gasteiger partial charge in [-0.2, -0.15) is 0 Å². The third-order valence-corrected chi connectivity index (χ3v) is 1.57. The highest BCUT2D eigenvalue weighted by atomic mass is 16.5. The molecular formula is C11H14O. The minimum absolute atomic E-state index is 0.653. The van der Waals surface area contributed by atoms with Crippen LogP contribution in [0.5, 0.6) is 5.75 Å². The van der Waals surface area contributed by atoms with Crippen molar-refractivity contribution in [3.63, 3.8) is 0 Å². The summed E-state index contributed by atoms with van der Waals surface area (Å²) in [4.78, 5) is 0. The quantitative estimate of drug-likeness (QED) is 0.621. The van der Waals surface area contributed by atoms with Crippen molar-refractivity contribution in [3.8, 4) is 5.75 Å². The smallest absolute Gasteiger partial charge is 0.120 e. The third-order valence-electron chi connectivity index (χ3n) is 1.57.